The van der Waals surface area contributed by atoms with Crippen molar-refractivity contribution in [3.05, 3.63) is 68.7 Å². The summed E-state index contributed by atoms with van der Waals surface area (Å²) >= 11 is 18.5. The maximum Gasteiger partial charge on any atom is 0.253 e. The van der Waals surface area contributed by atoms with Gasteiger partial charge in [0, 0.05) is 55.3 Å². The number of hydrogen-bond acceptors (Lipinski definition) is 4. The number of benzene rings is 2. The van der Waals surface area contributed by atoms with Crippen LogP contribution in [0.3, 0.4) is 0 Å². The minimum absolute atomic E-state index is 0.0472. The van der Waals surface area contributed by atoms with Gasteiger partial charge < -0.3 is 20.3 Å². The van der Waals surface area contributed by atoms with Gasteiger partial charge in [0.1, 0.15) is 0 Å². The van der Waals surface area contributed by atoms with E-state index in [4.69, 9.17) is 45.3 Å². The Morgan fingerprint density at radius 3 is 2.47 bits per heavy atom. The molecule has 2 aliphatic rings. The summed E-state index contributed by atoms with van der Waals surface area (Å²) in [5.41, 5.74) is 7.69. The SMILES string of the molecule is CN(C(=O)c1ccc(Cl)cc1)C1CCN(C(=O)[C@H]2CCOC[C@H]2N)CC1c1ccc(Cl)c(Cl)c1. The van der Waals surface area contributed by atoms with Crippen molar-refractivity contribution in [1.82, 2.24) is 9.80 Å². The summed E-state index contributed by atoms with van der Waals surface area (Å²) in [6.07, 6.45) is 1.25. The quantitative estimate of drug-likeness (QED) is 0.640. The Kier molecular flexibility index (Phi) is 8.05. The van der Waals surface area contributed by atoms with Crippen molar-refractivity contribution >= 4 is 46.6 Å². The van der Waals surface area contributed by atoms with E-state index in [2.05, 4.69) is 0 Å². The van der Waals surface area contributed by atoms with E-state index in [0.29, 0.717) is 59.8 Å². The molecule has 0 bridgehead atoms. The fourth-order valence-corrected chi connectivity index (χ4v) is 5.35. The Bertz CT molecular complexity index is 1050. The minimum atomic E-state index is -0.309. The minimum Gasteiger partial charge on any atom is -0.380 e. The van der Waals surface area contributed by atoms with Crippen LogP contribution in [-0.2, 0) is 9.53 Å². The number of carbonyl (C=O) groups excluding carboxylic acids is 2. The van der Waals surface area contributed by atoms with Gasteiger partial charge >= 0.3 is 0 Å². The Hall–Kier alpha value is -1.83. The van der Waals surface area contributed by atoms with Crippen LogP contribution in [0, 0.1) is 5.92 Å². The van der Waals surface area contributed by atoms with E-state index in [1.807, 2.05) is 17.0 Å². The van der Waals surface area contributed by atoms with Crippen molar-refractivity contribution in [2.45, 2.75) is 30.8 Å². The molecule has 6 nitrogen and oxygen atoms in total. The highest BCUT2D eigenvalue weighted by molar-refractivity contribution is 6.42. The monoisotopic (exact) mass is 523 g/mol. The molecule has 0 aliphatic carbocycles. The average molecular weight is 525 g/mol. The standard InChI is InChI=1S/C25H28Cl3N3O3/c1-30(24(32)15-2-5-17(26)6-3-15)23-8-10-31(25(33)18-9-11-34-14-22(18)29)13-19(23)16-4-7-20(27)21(28)12-16/h2-7,12,18-19,22-23H,8-11,13-14,29H2,1H3/t18-,19?,22+,23?/m0/s1. The molecule has 4 atom stereocenters. The molecular formula is C25H28Cl3N3O3. The second-order valence-corrected chi connectivity index (χ2v) is 10.2. The zero-order valence-corrected chi connectivity index (χ0v) is 21.2. The van der Waals surface area contributed by atoms with Gasteiger partial charge in [-0.3, -0.25) is 9.59 Å². The van der Waals surface area contributed by atoms with Crippen LogP contribution < -0.4 is 5.73 Å². The summed E-state index contributed by atoms with van der Waals surface area (Å²) in [5.74, 6) is -0.443. The summed E-state index contributed by atoms with van der Waals surface area (Å²) in [6, 6.07) is 11.9. The number of halogens is 3. The largest absolute Gasteiger partial charge is 0.380 e. The number of rotatable bonds is 4. The first-order valence-corrected chi connectivity index (χ1v) is 12.5. The number of nitrogens with two attached hydrogens (primary N) is 1. The van der Waals surface area contributed by atoms with E-state index in [1.54, 1.807) is 42.3 Å². The Morgan fingerprint density at radius 1 is 1.06 bits per heavy atom. The summed E-state index contributed by atoms with van der Waals surface area (Å²) < 4.78 is 5.41. The van der Waals surface area contributed by atoms with Crippen LogP contribution in [-0.4, -0.2) is 67.0 Å². The lowest BCUT2D eigenvalue weighted by atomic mass is 9.83. The molecule has 2 aromatic carbocycles. The van der Waals surface area contributed by atoms with Gasteiger partial charge in [0.15, 0.2) is 0 Å². The fraction of sp³-hybridized carbons (Fsp3) is 0.440. The van der Waals surface area contributed by atoms with E-state index in [9.17, 15) is 9.59 Å². The van der Waals surface area contributed by atoms with Gasteiger partial charge in [0.05, 0.1) is 22.6 Å². The predicted octanol–water partition coefficient (Wildman–Crippen LogP) is 4.47. The van der Waals surface area contributed by atoms with Crippen molar-refractivity contribution < 1.29 is 14.3 Å². The highest BCUT2D eigenvalue weighted by atomic mass is 35.5. The predicted molar refractivity (Wildman–Crippen MR) is 135 cm³/mol. The average Bonchev–Trinajstić information content (AvgIpc) is 2.85. The topological polar surface area (TPSA) is 75.9 Å². The van der Waals surface area contributed by atoms with Crippen LogP contribution in [0.15, 0.2) is 42.5 Å². The summed E-state index contributed by atoms with van der Waals surface area (Å²) in [5, 5.41) is 1.48. The van der Waals surface area contributed by atoms with Crippen LogP contribution >= 0.6 is 34.8 Å². The molecule has 2 heterocycles. The molecule has 0 spiro atoms. The molecule has 182 valence electrons. The number of likely N-dealkylation sites (tertiary alicyclic amines) is 1. The molecule has 9 heteroatoms. The zero-order chi connectivity index (χ0) is 24.4. The van der Waals surface area contributed by atoms with E-state index in [0.717, 1.165) is 5.56 Å². The first-order valence-electron chi connectivity index (χ1n) is 11.4. The summed E-state index contributed by atoms with van der Waals surface area (Å²) in [7, 11) is 1.80. The number of carbonyl (C=O) groups is 2. The number of amides is 2. The van der Waals surface area contributed by atoms with Crippen LogP contribution in [0.4, 0.5) is 0 Å². The van der Waals surface area contributed by atoms with Gasteiger partial charge in [0.25, 0.3) is 5.91 Å². The second-order valence-electron chi connectivity index (χ2n) is 8.98. The zero-order valence-electron chi connectivity index (χ0n) is 18.9. The van der Waals surface area contributed by atoms with E-state index in [-0.39, 0.29) is 35.7 Å². The van der Waals surface area contributed by atoms with Crippen molar-refractivity contribution in [1.29, 1.82) is 0 Å². The highest BCUT2D eigenvalue weighted by Gasteiger charge is 2.40. The number of ether oxygens (including phenoxy) is 1. The first-order chi connectivity index (χ1) is 16.3. The smallest absolute Gasteiger partial charge is 0.253 e. The number of likely N-dealkylation sites (N-methyl/N-ethyl adjacent to an activating group) is 1. The van der Waals surface area contributed by atoms with Gasteiger partial charge in [-0.1, -0.05) is 40.9 Å². The molecule has 2 aliphatic heterocycles. The number of hydrogen-bond donors (Lipinski definition) is 1. The van der Waals surface area contributed by atoms with Gasteiger partial charge in [-0.2, -0.15) is 0 Å². The van der Waals surface area contributed by atoms with Crippen LogP contribution in [0.5, 0.6) is 0 Å². The Morgan fingerprint density at radius 2 is 1.79 bits per heavy atom. The van der Waals surface area contributed by atoms with Crippen molar-refractivity contribution in [2.24, 2.45) is 11.7 Å². The molecule has 2 N–H and O–H groups in total. The van der Waals surface area contributed by atoms with Crippen LogP contribution in [0.1, 0.15) is 34.7 Å². The number of nitrogens with zero attached hydrogens (tertiary/aromatic N) is 2. The van der Waals surface area contributed by atoms with Crippen molar-refractivity contribution in [3.8, 4) is 0 Å². The molecule has 2 amide bonds. The van der Waals surface area contributed by atoms with Gasteiger partial charge in [-0.05, 0) is 54.8 Å². The molecule has 0 saturated carbocycles. The second kappa shape index (κ2) is 10.8. The first kappa shape index (κ1) is 25.3. The van der Waals surface area contributed by atoms with E-state index < -0.39 is 0 Å². The highest BCUT2D eigenvalue weighted by Crippen LogP contribution is 2.35. The molecular weight excluding hydrogens is 497 g/mol. The third-order valence-corrected chi connectivity index (χ3v) is 7.88. The Labute approximate surface area is 214 Å². The van der Waals surface area contributed by atoms with Gasteiger partial charge in [0.2, 0.25) is 5.91 Å². The third-order valence-electron chi connectivity index (χ3n) is 6.89. The molecule has 0 radical (unpaired) electrons. The van der Waals surface area contributed by atoms with Crippen molar-refractivity contribution in [3.63, 3.8) is 0 Å². The fourth-order valence-electron chi connectivity index (χ4n) is 4.92. The summed E-state index contributed by atoms with van der Waals surface area (Å²) in [4.78, 5) is 30.3. The molecule has 2 fully saturated rings. The van der Waals surface area contributed by atoms with Gasteiger partial charge in [-0.25, -0.2) is 0 Å². The van der Waals surface area contributed by atoms with Crippen LogP contribution in [0.25, 0.3) is 0 Å². The molecule has 4 rings (SSSR count). The van der Waals surface area contributed by atoms with E-state index >= 15 is 0 Å². The maximum atomic E-state index is 13.4. The molecule has 0 aromatic heterocycles. The van der Waals surface area contributed by atoms with Gasteiger partial charge in [-0.15, -0.1) is 0 Å². The molecule has 34 heavy (non-hydrogen) atoms. The molecule has 2 saturated heterocycles. The number of piperidine rings is 1. The maximum absolute atomic E-state index is 13.4. The molecule has 2 unspecified atom stereocenters. The molecule has 2 aromatic rings. The normalized spacial score (nSPS) is 25.1. The summed E-state index contributed by atoms with van der Waals surface area (Å²) in [6.45, 7) is 1.93. The van der Waals surface area contributed by atoms with Crippen LogP contribution in [0.2, 0.25) is 15.1 Å². The van der Waals surface area contributed by atoms with E-state index in [1.165, 1.54) is 0 Å². The third kappa shape index (κ3) is 5.37. The lowest BCUT2D eigenvalue weighted by Gasteiger charge is -2.44. The van der Waals surface area contributed by atoms with Crippen molar-refractivity contribution in [2.75, 3.05) is 33.4 Å². The Balaban J connectivity index is 1.60. The lowest BCUT2D eigenvalue weighted by Crippen LogP contribution is -2.55. The lowest BCUT2D eigenvalue weighted by molar-refractivity contribution is -0.141.